The molecule has 1 aromatic carbocycles. The minimum absolute atomic E-state index is 0.388. The second kappa shape index (κ2) is 5.39. The van der Waals surface area contributed by atoms with Crippen molar-refractivity contribution < 1.29 is 17.6 Å². The van der Waals surface area contributed by atoms with Crippen LogP contribution in [0.2, 0.25) is 5.02 Å². The van der Waals surface area contributed by atoms with Gasteiger partial charge in [-0.15, -0.1) is 0 Å². The van der Waals surface area contributed by atoms with Crippen molar-refractivity contribution in [2.24, 2.45) is 0 Å². The maximum absolute atomic E-state index is 13.0. The second-order valence-corrected chi connectivity index (χ2v) is 3.17. The van der Waals surface area contributed by atoms with Crippen molar-refractivity contribution in [3.05, 3.63) is 28.0 Å². The van der Waals surface area contributed by atoms with Crippen LogP contribution in [0.25, 0.3) is 0 Å². The molecule has 0 aliphatic rings. The van der Waals surface area contributed by atoms with Crippen LogP contribution in [-0.4, -0.2) is 0 Å². The first kappa shape index (κ1) is 15.0. The van der Waals surface area contributed by atoms with E-state index in [0.29, 0.717) is 0 Å². The Bertz CT molecular complexity index is 374. The van der Waals surface area contributed by atoms with Gasteiger partial charge in [0.15, 0.2) is 0 Å². The van der Waals surface area contributed by atoms with E-state index in [-0.39, 0.29) is 5.69 Å². The number of alkyl halides is 3. The number of hydrogen-bond acceptors (Lipinski definition) is 1. The third kappa shape index (κ3) is 3.01. The largest absolute Gasteiger partial charge is 0.418 e. The summed E-state index contributed by atoms with van der Waals surface area (Å²) < 4.78 is 50.0. The molecule has 0 amide bonds. The predicted octanol–water partition coefficient (Wildman–Crippen LogP) is 4.41. The number of halogens is 5. The number of hydrogen-bond donors (Lipinski definition) is 1. The zero-order valence-corrected chi connectivity index (χ0v) is 9.80. The van der Waals surface area contributed by atoms with Gasteiger partial charge in [-0.25, -0.2) is 4.39 Å². The molecule has 0 atom stereocenters. The van der Waals surface area contributed by atoms with E-state index < -0.39 is 28.1 Å². The first-order chi connectivity index (χ1) is 7.25. The van der Waals surface area contributed by atoms with E-state index in [4.69, 9.17) is 17.3 Å². The SMILES string of the molecule is CC.Cc1c(F)c(N)cc(Cl)c1C(F)(F)F. The summed E-state index contributed by atoms with van der Waals surface area (Å²) in [6.07, 6.45) is -4.67. The zero-order valence-electron chi connectivity index (χ0n) is 9.04. The number of nitrogens with two attached hydrogens (primary N) is 1. The molecule has 2 N–H and O–H groups in total. The molecular formula is C10H12ClF4N. The van der Waals surface area contributed by atoms with Crippen LogP contribution in [-0.2, 0) is 6.18 Å². The Morgan fingerprint density at radius 1 is 1.25 bits per heavy atom. The Morgan fingerprint density at radius 2 is 1.69 bits per heavy atom. The number of benzene rings is 1. The number of anilines is 1. The maximum atomic E-state index is 13.0. The van der Waals surface area contributed by atoms with Crippen LogP contribution in [0.15, 0.2) is 6.07 Å². The lowest BCUT2D eigenvalue weighted by Gasteiger charge is -2.13. The Balaban J connectivity index is 0.00000106. The van der Waals surface area contributed by atoms with Gasteiger partial charge in [0, 0.05) is 5.56 Å². The average Bonchev–Trinajstić information content (AvgIpc) is 2.15. The third-order valence-corrected chi connectivity index (χ3v) is 2.06. The van der Waals surface area contributed by atoms with Crippen LogP contribution >= 0.6 is 11.6 Å². The third-order valence-electron chi connectivity index (χ3n) is 1.76. The molecule has 0 saturated carbocycles. The van der Waals surface area contributed by atoms with Crippen LogP contribution < -0.4 is 5.73 Å². The van der Waals surface area contributed by atoms with E-state index in [1.54, 1.807) is 0 Å². The van der Waals surface area contributed by atoms with Crippen molar-refractivity contribution >= 4 is 17.3 Å². The molecule has 0 fully saturated rings. The maximum Gasteiger partial charge on any atom is 0.418 e. The van der Waals surface area contributed by atoms with Crippen molar-refractivity contribution in [3.8, 4) is 0 Å². The summed E-state index contributed by atoms with van der Waals surface area (Å²) in [6.45, 7) is 4.99. The minimum Gasteiger partial charge on any atom is -0.396 e. The molecule has 0 aliphatic carbocycles. The molecule has 0 aliphatic heterocycles. The van der Waals surface area contributed by atoms with Gasteiger partial charge in [-0.1, -0.05) is 25.4 Å². The van der Waals surface area contributed by atoms with Crippen molar-refractivity contribution in [2.45, 2.75) is 26.9 Å². The van der Waals surface area contributed by atoms with Crippen molar-refractivity contribution in [2.75, 3.05) is 5.73 Å². The van der Waals surface area contributed by atoms with Gasteiger partial charge in [0.25, 0.3) is 0 Å². The fourth-order valence-corrected chi connectivity index (χ4v) is 1.49. The fraction of sp³-hybridized carbons (Fsp3) is 0.400. The topological polar surface area (TPSA) is 26.0 Å². The van der Waals surface area contributed by atoms with Crippen LogP contribution in [0.3, 0.4) is 0 Å². The van der Waals surface area contributed by atoms with E-state index >= 15 is 0 Å². The highest BCUT2D eigenvalue weighted by atomic mass is 35.5. The standard InChI is InChI=1S/C8H6ClF4N.C2H6/c1-3-6(8(11,12)13)4(9)2-5(14)7(3)10;1-2/h2H,14H2,1H3;1-2H3. The molecule has 16 heavy (non-hydrogen) atoms. The van der Waals surface area contributed by atoms with E-state index in [0.717, 1.165) is 13.0 Å². The first-order valence-corrected chi connectivity index (χ1v) is 4.94. The first-order valence-electron chi connectivity index (χ1n) is 4.56. The van der Waals surface area contributed by atoms with Gasteiger partial charge in [-0.05, 0) is 13.0 Å². The van der Waals surface area contributed by atoms with E-state index in [2.05, 4.69) is 0 Å². The lowest BCUT2D eigenvalue weighted by molar-refractivity contribution is -0.138. The molecule has 0 aromatic heterocycles. The summed E-state index contributed by atoms with van der Waals surface area (Å²) in [4.78, 5) is 0. The molecular weight excluding hydrogens is 246 g/mol. The van der Waals surface area contributed by atoms with Gasteiger partial charge in [-0.3, -0.25) is 0 Å². The number of rotatable bonds is 0. The van der Waals surface area contributed by atoms with E-state index in [1.807, 2.05) is 13.8 Å². The van der Waals surface area contributed by atoms with Gasteiger partial charge in [-0.2, -0.15) is 13.2 Å². The zero-order chi connectivity index (χ0) is 13.1. The normalized spacial score (nSPS) is 10.8. The summed E-state index contributed by atoms with van der Waals surface area (Å²) in [7, 11) is 0. The lowest BCUT2D eigenvalue weighted by Crippen LogP contribution is -2.11. The van der Waals surface area contributed by atoms with Gasteiger partial charge in [0.05, 0.1) is 16.3 Å². The molecule has 1 rings (SSSR count). The van der Waals surface area contributed by atoms with Gasteiger partial charge >= 0.3 is 6.18 Å². The van der Waals surface area contributed by atoms with Crippen molar-refractivity contribution in [1.29, 1.82) is 0 Å². The molecule has 0 bridgehead atoms. The van der Waals surface area contributed by atoms with Crippen LogP contribution in [0.4, 0.5) is 23.2 Å². The van der Waals surface area contributed by atoms with Crippen LogP contribution in [0, 0.1) is 12.7 Å². The highest BCUT2D eigenvalue weighted by Gasteiger charge is 2.36. The van der Waals surface area contributed by atoms with Gasteiger partial charge in [0.2, 0.25) is 0 Å². The van der Waals surface area contributed by atoms with E-state index in [9.17, 15) is 17.6 Å². The Labute approximate surface area is 96.2 Å². The second-order valence-electron chi connectivity index (χ2n) is 2.76. The summed E-state index contributed by atoms with van der Waals surface area (Å²) in [6, 6.07) is 0.757. The monoisotopic (exact) mass is 257 g/mol. The quantitative estimate of drug-likeness (QED) is 0.540. The minimum atomic E-state index is -4.67. The van der Waals surface area contributed by atoms with Crippen LogP contribution in [0.5, 0.6) is 0 Å². The smallest absolute Gasteiger partial charge is 0.396 e. The number of nitrogen functional groups attached to an aromatic ring is 1. The summed E-state index contributed by atoms with van der Waals surface area (Å²) in [5.41, 5.74) is 2.96. The summed E-state index contributed by atoms with van der Waals surface area (Å²) in [5, 5.41) is -0.589. The molecule has 0 saturated heterocycles. The lowest BCUT2D eigenvalue weighted by atomic mass is 10.1. The summed E-state index contributed by atoms with van der Waals surface area (Å²) in [5.74, 6) is -1.08. The van der Waals surface area contributed by atoms with Gasteiger partial charge in [0.1, 0.15) is 5.82 Å². The molecule has 1 aromatic rings. The Kier molecular flexibility index (Phi) is 5.06. The molecule has 0 heterocycles. The highest BCUT2D eigenvalue weighted by Crippen LogP contribution is 2.39. The molecule has 0 unspecified atom stereocenters. The van der Waals surface area contributed by atoms with Crippen molar-refractivity contribution in [1.82, 2.24) is 0 Å². The Morgan fingerprint density at radius 3 is 2.06 bits per heavy atom. The van der Waals surface area contributed by atoms with Crippen molar-refractivity contribution in [3.63, 3.8) is 0 Å². The van der Waals surface area contributed by atoms with Gasteiger partial charge < -0.3 is 5.73 Å². The average molecular weight is 258 g/mol. The highest BCUT2D eigenvalue weighted by molar-refractivity contribution is 6.31. The van der Waals surface area contributed by atoms with E-state index in [1.165, 1.54) is 0 Å². The molecule has 1 nitrogen and oxygen atoms in total. The van der Waals surface area contributed by atoms with Crippen LogP contribution in [0.1, 0.15) is 25.0 Å². The predicted molar refractivity (Wildman–Crippen MR) is 56.9 cm³/mol. The molecule has 6 heteroatoms. The molecule has 0 radical (unpaired) electrons. The molecule has 92 valence electrons. The Hall–Kier alpha value is -0.970. The molecule has 0 spiro atoms. The summed E-state index contributed by atoms with van der Waals surface area (Å²) >= 11 is 5.32. The fourth-order valence-electron chi connectivity index (χ4n) is 1.13.